The molecule has 0 radical (unpaired) electrons. The van der Waals surface area contributed by atoms with E-state index in [2.05, 4.69) is 5.16 Å². The van der Waals surface area contributed by atoms with Crippen molar-refractivity contribution in [1.82, 2.24) is 5.06 Å². The number of nitrogens with zero attached hydrogens (tertiary/aromatic N) is 2. The van der Waals surface area contributed by atoms with E-state index in [9.17, 15) is 5.21 Å². The predicted molar refractivity (Wildman–Crippen MR) is 51.8 cm³/mol. The molecule has 13 heavy (non-hydrogen) atoms. The lowest BCUT2D eigenvalue weighted by Crippen LogP contribution is -2.57. The van der Waals surface area contributed by atoms with Crippen LogP contribution in [0.2, 0.25) is 0 Å². The standard InChI is InChI=1S/C9H17N2O2/c1-8(2)5-7(10-12)6-9(3,4)11(8)13/h12H,5-6H2,1-4H3/q-1. The minimum atomic E-state index is -0.469. The quantitative estimate of drug-likeness (QED) is 0.463. The van der Waals surface area contributed by atoms with E-state index in [0.29, 0.717) is 18.6 Å². The van der Waals surface area contributed by atoms with Crippen LogP contribution in [-0.2, 0) is 0 Å². The molecule has 0 saturated carbocycles. The Morgan fingerprint density at radius 2 is 1.62 bits per heavy atom. The molecule has 0 unspecified atom stereocenters. The normalized spacial score (nSPS) is 27.3. The van der Waals surface area contributed by atoms with Gasteiger partial charge in [0, 0.05) is 23.9 Å². The number of hydrogen-bond acceptors (Lipinski definition) is 4. The summed E-state index contributed by atoms with van der Waals surface area (Å²) in [7, 11) is 0. The van der Waals surface area contributed by atoms with Crippen molar-refractivity contribution < 1.29 is 5.21 Å². The Labute approximate surface area is 78.8 Å². The summed E-state index contributed by atoms with van der Waals surface area (Å²) in [6.45, 7) is 7.47. The summed E-state index contributed by atoms with van der Waals surface area (Å²) in [6, 6.07) is 0. The second-order valence-electron chi connectivity index (χ2n) is 4.94. The highest BCUT2D eigenvalue weighted by Gasteiger charge is 2.38. The molecule has 1 aliphatic heterocycles. The average Bonchev–Trinajstić information content (AvgIpc) is 1.99. The van der Waals surface area contributed by atoms with Crippen molar-refractivity contribution in [3.05, 3.63) is 5.21 Å². The number of rotatable bonds is 0. The van der Waals surface area contributed by atoms with Crippen molar-refractivity contribution in [2.75, 3.05) is 0 Å². The zero-order chi connectivity index (χ0) is 10.3. The summed E-state index contributed by atoms with van der Waals surface area (Å²) < 4.78 is 0. The van der Waals surface area contributed by atoms with E-state index in [4.69, 9.17) is 5.21 Å². The number of hydrogen-bond donors (Lipinski definition) is 1. The van der Waals surface area contributed by atoms with Crippen LogP contribution < -0.4 is 0 Å². The molecule has 1 heterocycles. The third kappa shape index (κ3) is 1.84. The smallest absolute Gasteiger partial charge is 0.0606 e. The topological polar surface area (TPSA) is 58.9 Å². The van der Waals surface area contributed by atoms with Gasteiger partial charge < -0.3 is 15.5 Å². The maximum atomic E-state index is 11.8. The van der Waals surface area contributed by atoms with Crippen LogP contribution in [0.5, 0.6) is 0 Å². The molecule has 0 spiro atoms. The summed E-state index contributed by atoms with van der Waals surface area (Å²) in [5.41, 5.74) is -0.228. The van der Waals surface area contributed by atoms with E-state index < -0.39 is 11.1 Å². The highest BCUT2D eigenvalue weighted by atomic mass is 16.5. The first-order valence-electron chi connectivity index (χ1n) is 4.47. The predicted octanol–water partition coefficient (Wildman–Crippen LogP) is 1.97. The van der Waals surface area contributed by atoms with Crippen molar-refractivity contribution in [3.8, 4) is 0 Å². The molecule has 0 aromatic rings. The van der Waals surface area contributed by atoms with Crippen LogP contribution in [0.15, 0.2) is 5.16 Å². The number of hydroxylamine groups is 2. The minimum absolute atomic E-state index is 0.469. The van der Waals surface area contributed by atoms with E-state index in [1.165, 1.54) is 0 Å². The Morgan fingerprint density at radius 3 is 1.92 bits per heavy atom. The monoisotopic (exact) mass is 185 g/mol. The van der Waals surface area contributed by atoms with Gasteiger partial charge in [-0.1, -0.05) is 5.16 Å². The van der Waals surface area contributed by atoms with Gasteiger partial charge in [0.05, 0.1) is 5.71 Å². The molecule has 1 rings (SSSR count). The summed E-state index contributed by atoms with van der Waals surface area (Å²) in [4.78, 5) is 0. The van der Waals surface area contributed by atoms with Crippen LogP contribution >= 0.6 is 0 Å². The molecule has 0 aromatic heterocycles. The molecule has 0 aromatic carbocycles. The fourth-order valence-corrected chi connectivity index (χ4v) is 2.09. The van der Waals surface area contributed by atoms with Gasteiger partial charge in [-0.05, 0) is 27.7 Å². The molecule has 1 N–H and O–H groups in total. The molecular formula is C9H17N2O2-. The number of oxime groups is 1. The third-order valence-electron chi connectivity index (χ3n) is 2.51. The highest BCUT2D eigenvalue weighted by molar-refractivity contribution is 5.86. The first-order valence-corrected chi connectivity index (χ1v) is 4.47. The van der Waals surface area contributed by atoms with Crippen molar-refractivity contribution >= 4 is 5.71 Å². The van der Waals surface area contributed by atoms with Crippen molar-refractivity contribution in [3.63, 3.8) is 0 Å². The maximum Gasteiger partial charge on any atom is 0.0606 e. The Hall–Kier alpha value is -0.610. The molecule has 0 aliphatic carbocycles. The molecule has 1 aliphatic rings. The molecule has 76 valence electrons. The van der Waals surface area contributed by atoms with Crippen LogP contribution in [0.4, 0.5) is 0 Å². The van der Waals surface area contributed by atoms with Crippen molar-refractivity contribution in [2.24, 2.45) is 5.16 Å². The lowest BCUT2D eigenvalue weighted by Gasteiger charge is -2.57. The molecule has 1 fully saturated rings. The number of piperidine rings is 1. The minimum Gasteiger partial charge on any atom is -0.784 e. The SMILES string of the molecule is CC1(C)CC(=NO)CC(C)(C)N1[O-]. The van der Waals surface area contributed by atoms with Gasteiger partial charge in [0.1, 0.15) is 0 Å². The van der Waals surface area contributed by atoms with Crippen LogP contribution in [-0.4, -0.2) is 27.1 Å². The van der Waals surface area contributed by atoms with Crippen molar-refractivity contribution in [2.45, 2.75) is 51.6 Å². The molecular weight excluding hydrogens is 168 g/mol. The Balaban J connectivity index is 2.95. The van der Waals surface area contributed by atoms with Gasteiger partial charge in [-0.25, -0.2) is 0 Å². The van der Waals surface area contributed by atoms with Gasteiger partial charge in [0.2, 0.25) is 0 Å². The molecule has 1 saturated heterocycles. The zero-order valence-electron chi connectivity index (χ0n) is 8.66. The molecule has 4 heteroatoms. The van der Waals surface area contributed by atoms with Gasteiger partial charge in [-0.3, -0.25) is 0 Å². The van der Waals surface area contributed by atoms with Gasteiger partial charge >= 0.3 is 0 Å². The van der Waals surface area contributed by atoms with E-state index in [0.717, 1.165) is 5.06 Å². The Kier molecular flexibility index (Phi) is 2.38. The molecule has 0 atom stereocenters. The van der Waals surface area contributed by atoms with Crippen LogP contribution in [0, 0.1) is 5.21 Å². The largest absolute Gasteiger partial charge is 0.784 e. The van der Waals surface area contributed by atoms with Crippen LogP contribution in [0.3, 0.4) is 0 Å². The van der Waals surface area contributed by atoms with Crippen molar-refractivity contribution in [1.29, 1.82) is 0 Å². The highest BCUT2D eigenvalue weighted by Crippen LogP contribution is 2.35. The summed E-state index contributed by atoms with van der Waals surface area (Å²) in [6.07, 6.45) is 1.08. The third-order valence-corrected chi connectivity index (χ3v) is 2.51. The van der Waals surface area contributed by atoms with E-state index >= 15 is 0 Å². The summed E-state index contributed by atoms with van der Waals surface area (Å²) in [5.74, 6) is 0. The second-order valence-corrected chi connectivity index (χ2v) is 4.94. The molecule has 0 amide bonds. The van der Waals surface area contributed by atoms with Gasteiger partial charge in [-0.2, -0.15) is 0 Å². The molecule has 4 nitrogen and oxygen atoms in total. The summed E-state index contributed by atoms with van der Waals surface area (Å²) in [5, 5.41) is 24.8. The van der Waals surface area contributed by atoms with E-state index in [-0.39, 0.29) is 0 Å². The first-order chi connectivity index (χ1) is 5.79. The average molecular weight is 185 g/mol. The Bertz CT molecular complexity index is 214. The zero-order valence-corrected chi connectivity index (χ0v) is 8.66. The fraction of sp³-hybridized carbons (Fsp3) is 0.889. The summed E-state index contributed by atoms with van der Waals surface area (Å²) >= 11 is 0. The van der Waals surface area contributed by atoms with Gasteiger partial charge in [0.15, 0.2) is 0 Å². The Morgan fingerprint density at radius 1 is 1.23 bits per heavy atom. The van der Waals surface area contributed by atoms with E-state index in [1.807, 2.05) is 27.7 Å². The lowest BCUT2D eigenvalue weighted by molar-refractivity contribution is 0.0605. The van der Waals surface area contributed by atoms with Gasteiger partial charge in [0.25, 0.3) is 0 Å². The molecule has 0 bridgehead atoms. The maximum absolute atomic E-state index is 11.8. The van der Waals surface area contributed by atoms with Gasteiger partial charge in [-0.15, -0.1) is 0 Å². The second kappa shape index (κ2) is 2.96. The first kappa shape index (κ1) is 10.5. The van der Waals surface area contributed by atoms with Crippen LogP contribution in [0.25, 0.3) is 0 Å². The fourth-order valence-electron chi connectivity index (χ4n) is 2.09. The lowest BCUT2D eigenvalue weighted by atomic mass is 9.81. The van der Waals surface area contributed by atoms with E-state index in [1.54, 1.807) is 0 Å². The van der Waals surface area contributed by atoms with Crippen LogP contribution in [0.1, 0.15) is 40.5 Å².